The first kappa shape index (κ1) is 56.2. The summed E-state index contributed by atoms with van der Waals surface area (Å²) in [6.07, 6.45) is -3.64. The topological polar surface area (TPSA) is 314 Å². The minimum Gasteiger partial charge on any atom is -0.391 e. The molecule has 2 aromatic carbocycles. The molecular formula is C51H58ClN13O9S3. The van der Waals surface area contributed by atoms with Crippen LogP contribution in [-0.4, -0.2) is 138 Å². The van der Waals surface area contributed by atoms with Crippen LogP contribution in [-0.2, 0) is 38.4 Å². The number of amides is 8. The predicted molar refractivity (Wildman–Crippen MR) is 290 cm³/mol. The van der Waals surface area contributed by atoms with Gasteiger partial charge in [-0.1, -0.05) is 68.8 Å². The number of benzene rings is 2. The number of rotatable bonds is 7. The molecule has 3 aliphatic rings. The maximum Gasteiger partial charge on any atom is 0.264 e. The Morgan fingerprint density at radius 1 is 0.883 bits per heavy atom. The van der Waals surface area contributed by atoms with E-state index in [2.05, 4.69) is 47.1 Å². The number of carbonyl (C=O) groups excluding carboxylic acids is 8. The van der Waals surface area contributed by atoms with Crippen LogP contribution >= 0.6 is 46.0 Å². The Labute approximate surface area is 460 Å². The van der Waals surface area contributed by atoms with E-state index in [9.17, 15) is 43.5 Å². The molecule has 6 heterocycles. The van der Waals surface area contributed by atoms with Gasteiger partial charge in [-0.15, -0.1) is 44.6 Å². The standard InChI is InChI=1S/C51H58ClN13O9S3/c1-23-25(3)77-50-38(23)39(27-12-14-30(52)15-13-27)56-32(45-63-62-26(4)65(45)50)17-35(67)59-44-48(73)57-33(43(53)70)20-75-21-37(69)58-42(51(5,6)7)49(74)64-19-31(66)16-34(64)46(71)61-40(47(72)54-18-36(68)60-44)28-8-10-29(11-9-28)41-24(2)55-22-76-41/h8-15,22,31-34,40,42,44,66H,16-21H2,1-7H3,(H2,53,70)(H,54,72)(H,57,73)(H,58,69)(H,59,67)(H,60,68)(H,61,71)/t31-,32+,33-,34+,40-,42-,44-/m1/s1. The molecule has 26 heteroatoms. The predicted octanol–water partition coefficient (Wildman–Crippen LogP) is 2.36. The molecule has 0 bridgehead atoms. The monoisotopic (exact) mass is 1130 g/mol. The van der Waals surface area contributed by atoms with Gasteiger partial charge in [-0.25, -0.2) is 4.98 Å². The van der Waals surface area contributed by atoms with E-state index in [1.165, 1.54) is 27.6 Å². The highest BCUT2D eigenvalue weighted by atomic mass is 35.5. The lowest BCUT2D eigenvalue weighted by Gasteiger charge is -2.35. The lowest BCUT2D eigenvalue weighted by atomic mass is 9.85. The summed E-state index contributed by atoms with van der Waals surface area (Å²) in [6.45, 7) is 11.7. The minimum atomic E-state index is -1.90. The van der Waals surface area contributed by atoms with Crippen LogP contribution in [0.4, 0.5) is 0 Å². The molecule has 0 saturated carbocycles. The average Bonchev–Trinajstić information content (AvgIpc) is 4.24. The Hall–Kier alpha value is -7.06. The number of hydrogen-bond donors (Lipinski definition) is 8. The smallest absolute Gasteiger partial charge is 0.264 e. The van der Waals surface area contributed by atoms with Gasteiger partial charge in [0.2, 0.25) is 41.4 Å². The number of aliphatic hydroxyl groups is 1. The number of thiophene rings is 1. The first-order valence-electron chi connectivity index (χ1n) is 24.5. The maximum atomic E-state index is 14.4. The number of primary amides is 1. The zero-order valence-corrected chi connectivity index (χ0v) is 46.3. The van der Waals surface area contributed by atoms with Gasteiger partial charge in [0.15, 0.2) is 12.0 Å². The summed E-state index contributed by atoms with van der Waals surface area (Å²) in [4.78, 5) is 125. The van der Waals surface area contributed by atoms with Gasteiger partial charge in [-0.05, 0) is 61.9 Å². The van der Waals surface area contributed by atoms with Crippen molar-refractivity contribution in [1.82, 2.24) is 56.5 Å². The van der Waals surface area contributed by atoms with Crippen molar-refractivity contribution in [3.8, 4) is 15.4 Å². The van der Waals surface area contributed by atoms with Crippen LogP contribution in [0.5, 0.6) is 0 Å². The number of aryl methyl sites for hydroxylation is 3. The zero-order chi connectivity index (χ0) is 55.6. The fraction of sp³-hybridized carbons (Fsp3) is 0.412. The molecule has 3 aliphatic heterocycles. The van der Waals surface area contributed by atoms with Gasteiger partial charge in [0.05, 0.1) is 46.6 Å². The molecule has 5 aromatic rings. The maximum absolute atomic E-state index is 14.4. The Morgan fingerprint density at radius 3 is 2.25 bits per heavy atom. The number of fused-ring (bicyclic) bond motifs is 4. The van der Waals surface area contributed by atoms with Crippen LogP contribution in [0.25, 0.3) is 15.4 Å². The Kier molecular flexibility index (Phi) is 17.0. The van der Waals surface area contributed by atoms with Crippen molar-refractivity contribution >= 4 is 99.0 Å². The number of nitrogens with two attached hydrogens (primary N) is 1. The Balaban J connectivity index is 1.11. The highest BCUT2D eigenvalue weighted by Crippen LogP contribution is 2.40. The fourth-order valence-electron chi connectivity index (χ4n) is 9.16. The van der Waals surface area contributed by atoms with E-state index in [1.54, 1.807) is 69.6 Å². The molecule has 77 heavy (non-hydrogen) atoms. The van der Waals surface area contributed by atoms with Gasteiger partial charge >= 0.3 is 0 Å². The molecule has 22 nitrogen and oxygen atoms in total. The molecule has 0 spiro atoms. The van der Waals surface area contributed by atoms with Gasteiger partial charge in [0.1, 0.15) is 41.0 Å². The van der Waals surface area contributed by atoms with E-state index in [4.69, 9.17) is 22.3 Å². The van der Waals surface area contributed by atoms with Crippen molar-refractivity contribution in [2.24, 2.45) is 16.1 Å². The molecular weight excluding hydrogens is 1070 g/mol. The lowest BCUT2D eigenvalue weighted by molar-refractivity contribution is -0.144. The molecule has 8 rings (SSSR count). The Morgan fingerprint density at radius 2 is 1.58 bits per heavy atom. The van der Waals surface area contributed by atoms with Crippen LogP contribution < -0.4 is 37.6 Å². The Bertz CT molecular complexity index is 3170. The van der Waals surface area contributed by atoms with Crippen molar-refractivity contribution < 1.29 is 43.5 Å². The highest BCUT2D eigenvalue weighted by Gasteiger charge is 2.45. The number of nitrogens with zero attached hydrogens (tertiary/aromatic N) is 6. The van der Waals surface area contributed by atoms with Crippen LogP contribution in [0, 0.1) is 33.1 Å². The third kappa shape index (κ3) is 12.5. The average molecular weight is 1130 g/mol. The summed E-state index contributed by atoms with van der Waals surface area (Å²) in [6, 6.07) is 7.34. The van der Waals surface area contributed by atoms with Gasteiger partial charge in [-0.3, -0.25) is 47.9 Å². The van der Waals surface area contributed by atoms with Gasteiger partial charge < -0.3 is 47.6 Å². The second-order valence-electron chi connectivity index (χ2n) is 20.0. The van der Waals surface area contributed by atoms with Crippen LogP contribution in [0.3, 0.4) is 0 Å². The summed E-state index contributed by atoms with van der Waals surface area (Å²) in [7, 11) is 0. The first-order chi connectivity index (χ1) is 36.5. The van der Waals surface area contributed by atoms with Crippen molar-refractivity contribution in [3.05, 3.63) is 104 Å². The SMILES string of the molecule is Cc1ncsc1-c1ccc([C@H]2NC(=O)[C@@H]3C[C@@H](O)CN3C(=O)[C@H](C(C)(C)C)NC(=O)CSC[C@H](C(N)=O)NC(=O)[C@H](NC(=O)C[C@@H]3N=C(c4ccc(Cl)cc4)c4c(sc(C)c4C)-n4c(C)nnc43)NC(=O)CNC2=O)cc1. The van der Waals surface area contributed by atoms with Crippen molar-refractivity contribution in [2.75, 3.05) is 24.6 Å². The molecule has 7 atom stereocenters. The molecule has 0 unspecified atom stereocenters. The van der Waals surface area contributed by atoms with E-state index >= 15 is 0 Å². The number of nitrogens with one attached hydrogen (secondary N) is 6. The van der Waals surface area contributed by atoms with E-state index in [1.807, 2.05) is 37.5 Å². The van der Waals surface area contributed by atoms with Gasteiger partial charge in [0, 0.05) is 39.7 Å². The largest absolute Gasteiger partial charge is 0.391 e. The third-order valence-corrected chi connectivity index (χ3v) is 16.8. The second-order valence-corrected chi connectivity index (χ2v) is 23.5. The molecule has 0 aliphatic carbocycles. The van der Waals surface area contributed by atoms with E-state index in [-0.39, 0.29) is 30.0 Å². The third-order valence-electron chi connectivity index (χ3n) is 13.3. The number of thioether (sulfide) groups is 1. The first-order valence-corrected chi connectivity index (χ1v) is 27.7. The molecule has 0 radical (unpaired) electrons. The van der Waals surface area contributed by atoms with Crippen LogP contribution in [0.2, 0.25) is 5.02 Å². The number of hydrogen-bond acceptors (Lipinski definition) is 16. The number of aliphatic imine (C=N–C) groups is 1. The van der Waals surface area contributed by atoms with Crippen molar-refractivity contribution in [2.45, 2.75) is 104 Å². The summed E-state index contributed by atoms with van der Waals surface area (Å²) in [5.41, 5.74) is 11.4. The summed E-state index contributed by atoms with van der Waals surface area (Å²) in [5.74, 6) is -6.60. The molecule has 9 N–H and O–H groups in total. The van der Waals surface area contributed by atoms with Crippen molar-refractivity contribution in [3.63, 3.8) is 0 Å². The number of halogens is 1. The highest BCUT2D eigenvalue weighted by molar-refractivity contribution is 8.00. The fourth-order valence-corrected chi connectivity index (χ4v) is 12.2. The number of aromatic nitrogens is 4. The number of carbonyl (C=O) groups is 8. The molecule has 2 saturated heterocycles. The van der Waals surface area contributed by atoms with Crippen LogP contribution in [0.15, 0.2) is 59.0 Å². The molecule has 406 valence electrons. The van der Waals surface area contributed by atoms with Gasteiger partial charge in [-0.2, -0.15) is 0 Å². The van der Waals surface area contributed by atoms with E-state index < -0.39 is 108 Å². The van der Waals surface area contributed by atoms with E-state index in [0.29, 0.717) is 27.9 Å². The van der Waals surface area contributed by atoms with Crippen molar-refractivity contribution in [1.29, 1.82) is 0 Å². The lowest BCUT2D eigenvalue weighted by Crippen LogP contribution is -2.61. The van der Waals surface area contributed by atoms with E-state index in [0.717, 1.165) is 48.9 Å². The van der Waals surface area contributed by atoms with Gasteiger partial charge in [0.25, 0.3) is 5.91 Å². The number of thiazole rings is 1. The molecule has 3 aromatic heterocycles. The summed E-state index contributed by atoms with van der Waals surface area (Å²) in [5, 5.41) is 36.4. The quantitative estimate of drug-likeness (QED) is 0.116. The molecule has 8 amide bonds. The minimum absolute atomic E-state index is 0.188. The summed E-state index contributed by atoms with van der Waals surface area (Å²) >= 11 is 10.1. The normalized spacial score (nSPS) is 23.1. The zero-order valence-electron chi connectivity index (χ0n) is 43.1. The second kappa shape index (κ2) is 23.3. The van der Waals surface area contributed by atoms with Crippen LogP contribution in [0.1, 0.15) is 90.2 Å². The number of aliphatic hydroxyl groups excluding tert-OH is 1. The molecule has 2 fully saturated rings. The summed E-state index contributed by atoms with van der Waals surface area (Å²) < 4.78 is 1.83.